The number of para-hydroxylation sites is 1. The quantitative estimate of drug-likeness (QED) is 0.599. The van der Waals surface area contributed by atoms with E-state index in [1.165, 1.54) is 0 Å². The molecule has 1 aliphatic rings. The number of hydrogen-bond donors (Lipinski definition) is 0. The molecule has 0 aliphatic carbocycles. The number of nitrogens with zero attached hydrogens (tertiary/aromatic N) is 2. The van der Waals surface area contributed by atoms with Gasteiger partial charge in [-0.05, 0) is 49.1 Å². The lowest BCUT2D eigenvalue weighted by Gasteiger charge is -2.35. The van der Waals surface area contributed by atoms with E-state index in [0.717, 1.165) is 12.8 Å². The van der Waals surface area contributed by atoms with Gasteiger partial charge in [0, 0.05) is 25.7 Å². The molecule has 0 radical (unpaired) electrons. The number of benzene rings is 2. The summed E-state index contributed by atoms with van der Waals surface area (Å²) in [5, 5.41) is 0.772. The Morgan fingerprint density at radius 1 is 1.06 bits per heavy atom. The molecule has 3 rings (SSSR count). The first-order valence-corrected chi connectivity index (χ1v) is 11.3. The Morgan fingerprint density at radius 2 is 1.77 bits per heavy atom. The maximum absolute atomic E-state index is 13.5. The molecular formula is C24H28Cl2N2O3. The van der Waals surface area contributed by atoms with E-state index < -0.39 is 0 Å². The maximum atomic E-state index is 13.5. The normalized spacial score (nSPS) is 18.1. The highest BCUT2D eigenvalue weighted by Crippen LogP contribution is 2.26. The summed E-state index contributed by atoms with van der Waals surface area (Å²) in [6.45, 7) is 5.60. The molecule has 0 spiro atoms. The molecule has 0 bridgehead atoms. The summed E-state index contributed by atoms with van der Waals surface area (Å²) in [5.74, 6) is 0.532. The minimum absolute atomic E-state index is 0.0546. The standard InChI is InChI=1S/C24H28Cl2N2O3/c1-16(2)21-15-31-22-9-5-4-8-18(22)24(30)27(3)12-6-7-13-28(21)23(29)17-10-11-19(25)20(26)14-17/h4-5,8-11,14,16,21H,6-7,12-13,15H2,1-3H3/t21-/m1/s1. The third kappa shape index (κ3) is 5.52. The van der Waals surface area contributed by atoms with Gasteiger partial charge in [-0.2, -0.15) is 0 Å². The first-order valence-electron chi connectivity index (χ1n) is 10.5. The molecule has 2 aromatic carbocycles. The summed E-state index contributed by atoms with van der Waals surface area (Å²) in [4.78, 5) is 29.9. The molecule has 1 atom stereocenters. The van der Waals surface area contributed by atoms with E-state index in [1.807, 2.05) is 17.0 Å². The smallest absolute Gasteiger partial charge is 0.257 e. The van der Waals surface area contributed by atoms with Crippen molar-refractivity contribution in [1.82, 2.24) is 9.80 Å². The van der Waals surface area contributed by atoms with Gasteiger partial charge < -0.3 is 14.5 Å². The molecule has 1 heterocycles. The van der Waals surface area contributed by atoms with Gasteiger partial charge in [-0.3, -0.25) is 9.59 Å². The second-order valence-corrected chi connectivity index (χ2v) is 8.99. The molecule has 0 fully saturated rings. The van der Waals surface area contributed by atoms with Gasteiger partial charge in [0.05, 0.1) is 21.7 Å². The number of ether oxygens (including phenoxy) is 1. The van der Waals surface area contributed by atoms with Crippen LogP contribution in [0.1, 0.15) is 47.4 Å². The van der Waals surface area contributed by atoms with Crippen LogP contribution in [0.5, 0.6) is 5.75 Å². The van der Waals surface area contributed by atoms with Gasteiger partial charge in [0.15, 0.2) is 0 Å². The molecule has 31 heavy (non-hydrogen) atoms. The molecule has 0 saturated carbocycles. The molecule has 2 amide bonds. The number of carbonyl (C=O) groups excluding carboxylic acids is 2. The van der Waals surface area contributed by atoms with Crippen LogP contribution in [0.3, 0.4) is 0 Å². The predicted octanol–water partition coefficient (Wildman–Crippen LogP) is 5.41. The van der Waals surface area contributed by atoms with E-state index in [2.05, 4.69) is 13.8 Å². The zero-order valence-corrected chi connectivity index (χ0v) is 19.6. The molecule has 0 saturated heterocycles. The van der Waals surface area contributed by atoms with Crippen LogP contribution < -0.4 is 4.74 Å². The highest BCUT2D eigenvalue weighted by molar-refractivity contribution is 6.42. The highest BCUT2D eigenvalue weighted by atomic mass is 35.5. The van der Waals surface area contributed by atoms with Crippen molar-refractivity contribution in [2.45, 2.75) is 32.7 Å². The molecular weight excluding hydrogens is 435 g/mol. The molecule has 7 heteroatoms. The van der Waals surface area contributed by atoms with Crippen LogP contribution in [0.4, 0.5) is 0 Å². The Hall–Kier alpha value is -2.24. The Morgan fingerprint density at radius 3 is 2.48 bits per heavy atom. The Balaban J connectivity index is 1.94. The van der Waals surface area contributed by atoms with Crippen LogP contribution >= 0.6 is 23.2 Å². The van der Waals surface area contributed by atoms with Crippen molar-refractivity contribution in [2.75, 3.05) is 26.7 Å². The Bertz CT molecular complexity index is 948. The summed E-state index contributed by atoms with van der Waals surface area (Å²) < 4.78 is 6.12. The Kier molecular flexibility index (Phi) is 7.84. The molecule has 0 aromatic heterocycles. The fourth-order valence-corrected chi connectivity index (χ4v) is 4.04. The van der Waals surface area contributed by atoms with Crippen molar-refractivity contribution < 1.29 is 14.3 Å². The van der Waals surface area contributed by atoms with Crippen molar-refractivity contribution in [2.24, 2.45) is 5.92 Å². The minimum Gasteiger partial charge on any atom is -0.491 e. The van der Waals surface area contributed by atoms with E-state index in [-0.39, 0.29) is 23.8 Å². The molecule has 1 aliphatic heterocycles. The number of rotatable bonds is 2. The first-order chi connectivity index (χ1) is 14.8. The van der Waals surface area contributed by atoms with Crippen molar-refractivity contribution in [3.05, 3.63) is 63.6 Å². The van der Waals surface area contributed by atoms with Gasteiger partial charge in [0.2, 0.25) is 0 Å². The highest BCUT2D eigenvalue weighted by Gasteiger charge is 2.29. The van der Waals surface area contributed by atoms with Crippen molar-refractivity contribution in [1.29, 1.82) is 0 Å². The fourth-order valence-electron chi connectivity index (χ4n) is 3.74. The second kappa shape index (κ2) is 10.4. The lowest BCUT2D eigenvalue weighted by molar-refractivity contribution is 0.0515. The van der Waals surface area contributed by atoms with Crippen LogP contribution in [0, 0.1) is 5.92 Å². The zero-order valence-electron chi connectivity index (χ0n) is 18.1. The van der Waals surface area contributed by atoms with Gasteiger partial charge in [-0.1, -0.05) is 49.2 Å². The van der Waals surface area contributed by atoms with E-state index in [9.17, 15) is 9.59 Å². The van der Waals surface area contributed by atoms with Crippen molar-refractivity contribution >= 4 is 35.0 Å². The predicted molar refractivity (Wildman–Crippen MR) is 124 cm³/mol. The van der Waals surface area contributed by atoms with Crippen LogP contribution in [0.25, 0.3) is 0 Å². The lowest BCUT2D eigenvalue weighted by atomic mass is 10.0. The molecule has 2 aromatic rings. The summed E-state index contributed by atoms with van der Waals surface area (Å²) in [7, 11) is 1.79. The summed E-state index contributed by atoms with van der Waals surface area (Å²) in [6.07, 6.45) is 1.57. The third-order valence-corrected chi connectivity index (χ3v) is 6.35. The van der Waals surface area contributed by atoms with Crippen LogP contribution in [0.15, 0.2) is 42.5 Å². The van der Waals surface area contributed by atoms with Gasteiger partial charge in [-0.15, -0.1) is 0 Å². The van der Waals surface area contributed by atoms with Crippen LogP contribution in [-0.2, 0) is 0 Å². The monoisotopic (exact) mass is 462 g/mol. The van der Waals surface area contributed by atoms with Gasteiger partial charge >= 0.3 is 0 Å². The van der Waals surface area contributed by atoms with Crippen molar-refractivity contribution in [3.8, 4) is 5.75 Å². The Labute approximate surface area is 193 Å². The van der Waals surface area contributed by atoms with E-state index in [4.69, 9.17) is 27.9 Å². The van der Waals surface area contributed by atoms with Gasteiger partial charge in [0.1, 0.15) is 12.4 Å². The summed E-state index contributed by atoms with van der Waals surface area (Å²) in [6, 6.07) is 12.1. The van der Waals surface area contributed by atoms with E-state index in [1.54, 1.807) is 42.3 Å². The van der Waals surface area contributed by atoms with Gasteiger partial charge in [-0.25, -0.2) is 0 Å². The number of fused-ring (bicyclic) bond motifs is 1. The minimum atomic E-state index is -0.165. The molecule has 0 unspecified atom stereocenters. The lowest BCUT2D eigenvalue weighted by Crippen LogP contribution is -2.47. The molecule has 5 nitrogen and oxygen atoms in total. The van der Waals surface area contributed by atoms with Crippen molar-refractivity contribution in [3.63, 3.8) is 0 Å². The zero-order chi connectivity index (χ0) is 22.5. The topological polar surface area (TPSA) is 49.9 Å². The molecule has 0 N–H and O–H groups in total. The van der Waals surface area contributed by atoms with Crippen LogP contribution in [-0.4, -0.2) is 54.4 Å². The van der Waals surface area contributed by atoms with E-state index >= 15 is 0 Å². The average Bonchev–Trinajstić information content (AvgIpc) is 2.75. The number of halogens is 2. The summed E-state index contributed by atoms with van der Waals surface area (Å²) in [5.41, 5.74) is 1.04. The van der Waals surface area contributed by atoms with E-state index in [0.29, 0.717) is 46.6 Å². The molecule has 166 valence electrons. The van der Waals surface area contributed by atoms with Crippen LogP contribution in [0.2, 0.25) is 10.0 Å². The largest absolute Gasteiger partial charge is 0.491 e. The van der Waals surface area contributed by atoms with Gasteiger partial charge in [0.25, 0.3) is 11.8 Å². The number of hydrogen-bond acceptors (Lipinski definition) is 3. The SMILES string of the molecule is CC(C)[C@H]1COc2ccccc2C(=O)N(C)CCCCN1C(=O)c1ccc(Cl)c(Cl)c1. The maximum Gasteiger partial charge on any atom is 0.257 e. The third-order valence-electron chi connectivity index (χ3n) is 5.61. The number of amides is 2. The summed E-state index contributed by atoms with van der Waals surface area (Å²) >= 11 is 12.2. The fraction of sp³-hybridized carbons (Fsp3) is 0.417. The second-order valence-electron chi connectivity index (χ2n) is 8.18. The average molecular weight is 463 g/mol. The first kappa shape index (κ1) is 23.4. The number of carbonyl (C=O) groups is 2.